The van der Waals surface area contributed by atoms with Gasteiger partial charge in [-0.3, -0.25) is 9.59 Å². The van der Waals surface area contributed by atoms with E-state index in [-0.39, 0.29) is 36.4 Å². The Morgan fingerprint density at radius 1 is 0.872 bits per heavy atom. The molecular formula is C38H50N4O5. The second-order valence-electron chi connectivity index (χ2n) is 12.7. The van der Waals surface area contributed by atoms with Crippen molar-refractivity contribution in [2.75, 3.05) is 26.8 Å². The Labute approximate surface area is 279 Å². The average Bonchev–Trinajstić information content (AvgIpc) is 3.05. The third-order valence-electron chi connectivity index (χ3n) is 8.69. The Kier molecular flexibility index (Phi) is 13.2. The van der Waals surface area contributed by atoms with Gasteiger partial charge in [-0.2, -0.15) is 0 Å². The summed E-state index contributed by atoms with van der Waals surface area (Å²) in [6.45, 7) is 8.85. The molecule has 47 heavy (non-hydrogen) atoms. The molecule has 9 heteroatoms. The summed E-state index contributed by atoms with van der Waals surface area (Å²) >= 11 is 0. The quantitative estimate of drug-likeness (QED) is 0.204. The number of methoxy groups -OCH3 is 1. The molecular weight excluding hydrogens is 592 g/mol. The summed E-state index contributed by atoms with van der Waals surface area (Å²) in [6.07, 6.45) is 1.87. The Hall–Kier alpha value is -4.37. The molecule has 1 aliphatic rings. The van der Waals surface area contributed by atoms with Crippen LogP contribution in [0.2, 0.25) is 0 Å². The van der Waals surface area contributed by atoms with Crippen LogP contribution < -0.4 is 20.7 Å². The van der Waals surface area contributed by atoms with E-state index in [1.807, 2.05) is 107 Å². The molecule has 0 saturated carbocycles. The van der Waals surface area contributed by atoms with E-state index in [2.05, 4.69) is 16.0 Å². The number of carbonyl (C=O) groups excluding carboxylic acids is 3. The van der Waals surface area contributed by atoms with Crippen molar-refractivity contribution in [2.24, 2.45) is 5.92 Å². The number of urea groups is 1. The van der Waals surface area contributed by atoms with E-state index in [1.165, 1.54) is 0 Å². The minimum absolute atomic E-state index is 0.0866. The number of rotatable bonds is 16. The highest BCUT2D eigenvalue weighted by molar-refractivity contribution is 5.87. The van der Waals surface area contributed by atoms with Gasteiger partial charge in [0.15, 0.2) is 6.61 Å². The molecule has 1 heterocycles. The highest BCUT2D eigenvalue weighted by Gasteiger charge is 2.36. The number of hydrogen-bond acceptors (Lipinski definition) is 5. The minimum Gasteiger partial charge on any atom is -0.483 e. The lowest BCUT2D eigenvalue weighted by atomic mass is 9.92. The number of nitrogens with one attached hydrogen (secondary N) is 3. The lowest BCUT2D eigenvalue weighted by Crippen LogP contribution is -2.59. The molecule has 1 aliphatic heterocycles. The highest BCUT2D eigenvalue weighted by Crippen LogP contribution is 2.23. The van der Waals surface area contributed by atoms with Crippen LogP contribution in [0.4, 0.5) is 4.79 Å². The van der Waals surface area contributed by atoms with E-state index in [0.717, 1.165) is 28.7 Å². The van der Waals surface area contributed by atoms with E-state index in [0.29, 0.717) is 38.1 Å². The fourth-order valence-electron chi connectivity index (χ4n) is 6.36. The zero-order chi connectivity index (χ0) is 33.8. The van der Waals surface area contributed by atoms with Crippen LogP contribution in [0, 0.1) is 19.8 Å². The first-order chi connectivity index (χ1) is 22.7. The van der Waals surface area contributed by atoms with Gasteiger partial charge in [-0.05, 0) is 67.7 Å². The summed E-state index contributed by atoms with van der Waals surface area (Å²) < 4.78 is 12.1. The van der Waals surface area contributed by atoms with Crippen molar-refractivity contribution in [1.82, 2.24) is 20.9 Å². The van der Waals surface area contributed by atoms with Gasteiger partial charge in [0.25, 0.3) is 5.91 Å². The summed E-state index contributed by atoms with van der Waals surface area (Å²) in [4.78, 5) is 41.7. The predicted octanol–water partition coefficient (Wildman–Crippen LogP) is 4.98. The van der Waals surface area contributed by atoms with Crippen molar-refractivity contribution in [3.05, 3.63) is 101 Å². The second-order valence-corrected chi connectivity index (χ2v) is 12.7. The Balaban J connectivity index is 1.56. The number of nitrogens with zero attached hydrogens (tertiary/aromatic N) is 1. The molecule has 0 aliphatic carbocycles. The molecule has 0 spiro atoms. The van der Waals surface area contributed by atoms with Gasteiger partial charge in [0, 0.05) is 26.2 Å². The number of ether oxygens (including phenoxy) is 2. The summed E-state index contributed by atoms with van der Waals surface area (Å²) in [7, 11) is 1.64. The average molecular weight is 643 g/mol. The minimum atomic E-state index is -0.614. The molecule has 252 valence electrons. The molecule has 0 bridgehead atoms. The monoisotopic (exact) mass is 642 g/mol. The van der Waals surface area contributed by atoms with Crippen molar-refractivity contribution in [3.8, 4) is 5.75 Å². The van der Waals surface area contributed by atoms with E-state index >= 15 is 0 Å². The number of hydrogen-bond donors (Lipinski definition) is 3. The van der Waals surface area contributed by atoms with Gasteiger partial charge in [0.05, 0.1) is 12.1 Å². The van der Waals surface area contributed by atoms with Gasteiger partial charge in [0.2, 0.25) is 5.91 Å². The van der Waals surface area contributed by atoms with Gasteiger partial charge < -0.3 is 30.3 Å². The van der Waals surface area contributed by atoms with Crippen LogP contribution in [-0.4, -0.2) is 73.8 Å². The van der Waals surface area contributed by atoms with Gasteiger partial charge in [-0.1, -0.05) is 92.7 Å². The summed E-state index contributed by atoms with van der Waals surface area (Å²) in [5.74, 6) is 0.170. The van der Waals surface area contributed by atoms with E-state index in [1.54, 1.807) is 12.0 Å². The number of para-hydroxylation sites is 1. The number of carbonyl (C=O) groups is 3. The molecule has 4 amide bonds. The van der Waals surface area contributed by atoms with Gasteiger partial charge in [0.1, 0.15) is 11.8 Å². The first kappa shape index (κ1) is 35.5. The predicted molar refractivity (Wildman–Crippen MR) is 184 cm³/mol. The molecule has 4 rings (SSSR count). The van der Waals surface area contributed by atoms with Crippen LogP contribution in [-0.2, 0) is 27.2 Å². The number of amides is 4. The van der Waals surface area contributed by atoms with Crippen LogP contribution in [0.1, 0.15) is 48.9 Å². The summed E-state index contributed by atoms with van der Waals surface area (Å²) in [5, 5.41) is 9.34. The maximum absolute atomic E-state index is 14.0. The number of aryl methyl sites for hydroxylation is 2. The van der Waals surface area contributed by atoms with Crippen molar-refractivity contribution in [3.63, 3.8) is 0 Å². The molecule has 3 aromatic rings. The Bertz CT molecular complexity index is 1430. The van der Waals surface area contributed by atoms with Crippen molar-refractivity contribution >= 4 is 17.8 Å². The molecule has 0 aromatic heterocycles. The fraction of sp³-hybridized carbons (Fsp3) is 0.447. The second kappa shape index (κ2) is 17.5. The van der Waals surface area contributed by atoms with Crippen molar-refractivity contribution in [2.45, 2.75) is 77.6 Å². The van der Waals surface area contributed by atoms with Crippen LogP contribution >= 0.6 is 0 Å². The third-order valence-corrected chi connectivity index (χ3v) is 8.69. The largest absolute Gasteiger partial charge is 0.483 e. The Morgan fingerprint density at radius 3 is 2.06 bits per heavy atom. The van der Waals surface area contributed by atoms with Crippen LogP contribution in [0.25, 0.3) is 0 Å². The van der Waals surface area contributed by atoms with E-state index < -0.39 is 18.2 Å². The Morgan fingerprint density at radius 2 is 1.49 bits per heavy atom. The standard InChI is InChI=1S/C38H50N4O5/c1-26(2)35(42-21-13-20-39-38(42)45)37(44)40-31(22-29-16-8-6-9-17-29)24-33(46-5)32(23-30-18-10-7-11-19-30)41-34(43)25-47-36-27(3)14-12-15-28(36)4/h6-12,14-19,26,31-33,35H,13,20-25H2,1-5H3,(H,39,45)(H,40,44)(H,41,43)/t31-,32-,33-,35?/m0/s1. The van der Waals surface area contributed by atoms with Crippen molar-refractivity contribution < 1.29 is 23.9 Å². The topological polar surface area (TPSA) is 109 Å². The van der Waals surface area contributed by atoms with Gasteiger partial charge >= 0.3 is 6.03 Å². The zero-order valence-corrected chi connectivity index (χ0v) is 28.3. The van der Waals surface area contributed by atoms with Gasteiger partial charge in [-0.25, -0.2) is 4.79 Å². The fourth-order valence-corrected chi connectivity index (χ4v) is 6.36. The van der Waals surface area contributed by atoms with E-state index in [9.17, 15) is 14.4 Å². The molecule has 9 nitrogen and oxygen atoms in total. The van der Waals surface area contributed by atoms with Crippen LogP contribution in [0.15, 0.2) is 78.9 Å². The van der Waals surface area contributed by atoms with Crippen LogP contribution in [0.3, 0.4) is 0 Å². The highest BCUT2D eigenvalue weighted by atomic mass is 16.5. The molecule has 1 saturated heterocycles. The first-order valence-electron chi connectivity index (χ1n) is 16.6. The molecule has 3 N–H and O–H groups in total. The SMILES string of the molecule is CO[C@@H](C[C@H](Cc1ccccc1)NC(=O)C(C(C)C)N1CCCNC1=O)[C@H](Cc1ccccc1)NC(=O)COc1c(C)cccc1C. The summed E-state index contributed by atoms with van der Waals surface area (Å²) in [6, 6.07) is 24.3. The lowest BCUT2D eigenvalue weighted by Gasteiger charge is -2.37. The summed E-state index contributed by atoms with van der Waals surface area (Å²) in [5.41, 5.74) is 4.05. The van der Waals surface area contributed by atoms with Crippen molar-refractivity contribution in [1.29, 1.82) is 0 Å². The molecule has 1 fully saturated rings. The maximum Gasteiger partial charge on any atom is 0.318 e. The third kappa shape index (κ3) is 10.3. The first-order valence-corrected chi connectivity index (χ1v) is 16.6. The smallest absolute Gasteiger partial charge is 0.318 e. The van der Waals surface area contributed by atoms with Crippen LogP contribution in [0.5, 0.6) is 5.75 Å². The normalized spacial score (nSPS) is 15.7. The molecule has 3 aromatic carbocycles. The maximum atomic E-state index is 14.0. The molecule has 1 unspecified atom stereocenters. The van der Waals surface area contributed by atoms with Gasteiger partial charge in [-0.15, -0.1) is 0 Å². The molecule has 4 atom stereocenters. The molecule has 0 radical (unpaired) electrons. The van der Waals surface area contributed by atoms with E-state index in [4.69, 9.17) is 9.47 Å². The zero-order valence-electron chi connectivity index (χ0n) is 28.3. The number of benzene rings is 3. The lowest BCUT2D eigenvalue weighted by molar-refractivity contribution is -0.128.